The van der Waals surface area contributed by atoms with E-state index in [4.69, 9.17) is 5.11 Å². The van der Waals surface area contributed by atoms with Gasteiger partial charge in [-0.25, -0.2) is 13.6 Å². The van der Waals surface area contributed by atoms with Crippen molar-refractivity contribution in [1.82, 2.24) is 0 Å². The summed E-state index contributed by atoms with van der Waals surface area (Å²) in [5.41, 5.74) is -1.63. The number of nitrogens with two attached hydrogens (primary N) is 1. The van der Waals surface area contributed by atoms with Crippen molar-refractivity contribution in [2.24, 2.45) is 5.14 Å². The highest BCUT2D eigenvalue weighted by molar-refractivity contribution is 7.89. The number of hydrogen-bond donors (Lipinski definition) is 2. The summed E-state index contributed by atoms with van der Waals surface area (Å²) < 4.78 is 20.7. The van der Waals surface area contributed by atoms with Gasteiger partial charge in [-0.1, -0.05) is 0 Å². The van der Waals surface area contributed by atoms with E-state index in [2.05, 4.69) is 5.14 Å². The third-order valence-corrected chi connectivity index (χ3v) is 1.68. The SMILES string of the molecule is CC(C)(O)C(=O)CS(N)(=O)=O. The lowest BCUT2D eigenvalue weighted by Crippen LogP contribution is -2.38. The lowest BCUT2D eigenvalue weighted by atomic mass is 10.1. The molecule has 0 heterocycles. The highest BCUT2D eigenvalue weighted by Gasteiger charge is 2.26. The van der Waals surface area contributed by atoms with Gasteiger partial charge in [0.25, 0.3) is 0 Å². The summed E-state index contributed by atoms with van der Waals surface area (Å²) in [5, 5.41) is 13.6. The van der Waals surface area contributed by atoms with Gasteiger partial charge >= 0.3 is 0 Å². The van der Waals surface area contributed by atoms with E-state index in [1.54, 1.807) is 0 Å². The van der Waals surface area contributed by atoms with Crippen LogP contribution in [0, 0.1) is 0 Å². The number of rotatable bonds is 3. The fourth-order valence-corrected chi connectivity index (χ4v) is 1.08. The average Bonchev–Trinajstić information content (AvgIpc) is 1.56. The number of hydrogen-bond acceptors (Lipinski definition) is 4. The van der Waals surface area contributed by atoms with Crippen molar-refractivity contribution in [2.75, 3.05) is 5.75 Å². The molecule has 0 aromatic carbocycles. The summed E-state index contributed by atoms with van der Waals surface area (Å²) in [6, 6.07) is 0. The number of ketones is 1. The third kappa shape index (κ3) is 4.88. The summed E-state index contributed by atoms with van der Waals surface area (Å²) in [7, 11) is -3.82. The molecule has 0 bridgehead atoms. The third-order valence-electron chi connectivity index (χ3n) is 1.01. The molecule has 0 unspecified atom stereocenters. The van der Waals surface area contributed by atoms with Crippen molar-refractivity contribution < 1.29 is 18.3 Å². The Morgan fingerprint density at radius 1 is 1.55 bits per heavy atom. The molecule has 0 aromatic heterocycles. The molecule has 0 spiro atoms. The molecule has 3 N–H and O–H groups in total. The van der Waals surface area contributed by atoms with Gasteiger partial charge in [-0.3, -0.25) is 4.79 Å². The molecule has 0 saturated carbocycles. The zero-order chi connectivity index (χ0) is 9.28. The minimum Gasteiger partial charge on any atom is -0.383 e. The predicted octanol–water partition coefficient (Wildman–Crippen LogP) is -1.39. The Labute approximate surface area is 65.3 Å². The van der Waals surface area contributed by atoms with E-state index < -0.39 is 27.2 Å². The lowest BCUT2D eigenvalue weighted by molar-refractivity contribution is -0.131. The topological polar surface area (TPSA) is 97.5 Å². The van der Waals surface area contributed by atoms with Crippen LogP contribution in [0.25, 0.3) is 0 Å². The van der Waals surface area contributed by atoms with Crippen LogP contribution in [0.3, 0.4) is 0 Å². The van der Waals surface area contributed by atoms with Crippen LogP contribution in [-0.2, 0) is 14.8 Å². The largest absolute Gasteiger partial charge is 0.383 e. The Morgan fingerprint density at radius 2 is 1.91 bits per heavy atom. The summed E-state index contributed by atoms with van der Waals surface area (Å²) in [4.78, 5) is 10.8. The Bertz CT molecular complexity index is 248. The molecule has 0 aliphatic carbocycles. The molecule has 5 nitrogen and oxygen atoms in total. The molecule has 0 fully saturated rings. The maximum absolute atomic E-state index is 10.8. The molecule has 66 valence electrons. The maximum atomic E-state index is 10.8. The first-order chi connectivity index (χ1) is 4.63. The Balaban J connectivity index is 4.35. The zero-order valence-corrected chi connectivity index (χ0v) is 7.18. The second kappa shape index (κ2) is 2.88. The fraction of sp³-hybridized carbons (Fsp3) is 0.800. The van der Waals surface area contributed by atoms with Gasteiger partial charge < -0.3 is 5.11 Å². The van der Waals surface area contributed by atoms with Gasteiger partial charge in [-0.05, 0) is 13.8 Å². The minimum absolute atomic E-state index is 0.806. The number of sulfonamides is 1. The average molecular weight is 181 g/mol. The number of carbonyl (C=O) groups is 1. The molecule has 0 radical (unpaired) electrons. The molecular weight excluding hydrogens is 170 g/mol. The Hall–Kier alpha value is -0.460. The van der Waals surface area contributed by atoms with E-state index in [0.29, 0.717) is 0 Å². The van der Waals surface area contributed by atoms with E-state index >= 15 is 0 Å². The van der Waals surface area contributed by atoms with E-state index in [0.717, 1.165) is 0 Å². The van der Waals surface area contributed by atoms with Crippen LogP contribution in [0.2, 0.25) is 0 Å². The molecule has 0 saturated heterocycles. The standard InChI is InChI=1S/C5H11NO4S/c1-5(2,8)4(7)3-11(6,9)10/h8H,3H2,1-2H3,(H2,6,9,10). The minimum atomic E-state index is -3.82. The van der Waals surface area contributed by atoms with Crippen LogP contribution in [0.4, 0.5) is 0 Å². The first-order valence-corrected chi connectivity index (χ1v) is 4.60. The van der Waals surface area contributed by atoms with Gasteiger partial charge in [-0.15, -0.1) is 0 Å². The number of primary sulfonamides is 1. The first-order valence-electron chi connectivity index (χ1n) is 2.89. The Morgan fingerprint density at radius 3 is 2.00 bits per heavy atom. The van der Waals surface area contributed by atoms with Crippen molar-refractivity contribution in [2.45, 2.75) is 19.4 Å². The number of carbonyl (C=O) groups excluding carboxylic acids is 1. The van der Waals surface area contributed by atoms with Gasteiger partial charge in [0, 0.05) is 0 Å². The van der Waals surface area contributed by atoms with Crippen LogP contribution >= 0.6 is 0 Å². The van der Waals surface area contributed by atoms with Crippen molar-refractivity contribution >= 4 is 15.8 Å². The van der Waals surface area contributed by atoms with Crippen LogP contribution < -0.4 is 5.14 Å². The maximum Gasteiger partial charge on any atom is 0.216 e. The van der Waals surface area contributed by atoms with Crippen molar-refractivity contribution in [3.8, 4) is 0 Å². The summed E-state index contributed by atoms with van der Waals surface area (Å²) in [6.45, 7) is 2.42. The molecule has 0 rings (SSSR count). The second-order valence-corrected chi connectivity index (χ2v) is 4.40. The molecular formula is C5H11NO4S. The van der Waals surface area contributed by atoms with Crippen molar-refractivity contribution in [3.63, 3.8) is 0 Å². The monoisotopic (exact) mass is 181 g/mol. The van der Waals surface area contributed by atoms with Gasteiger partial charge in [-0.2, -0.15) is 0 Å². The second-order valence-electron chi connectivity index (χ2n) is 2.79. The van der Waals surface area contributed by atoms with Crippen LogP contribution in [0.1, 0.15) is 13.8 Å². The van der Waals surface area contributed by atoms with Gasteiger partial charge in [0.05, 0.1) is 0 Å². The van der Waals surface area contributed by atoms with Crippen LogP contribution in [-0.4, -0.2) is 30.7 Å². The molecule has 11 heavy (non-hydrogen) atoms. The number of aliphatic hydroxyl groups is 1. The Kier molecular flexibility index (Phi) is 2.76. The fourth-order valence-electron chi connectivity index (χ4n) is 0.359. The smallest absolute Gasteiger partial charge is 0.216 e. The predicted molar refractivity (Wildman–Crippen MR) is 39.3 cm³/mol. The highest BCUT2D eigenvalue weighted by Crippen LogP contribution is 2.03. The van der Waals surface area contributed by atoms with Gasteiger partial charge in [0.15, 0.2) is 5.78 Å². The molecule has 0 aliphatic rings. The van der Waals surface area contributed by atoms with E-state index in [9.17, 15) is 13.2 Å². The van der Waals surface area contributed by atoms with Crippen LogP contribution in [0.15, 0.2) is 0 Å². The van der Waals surface area contributed by atoms with Crippen molar-refractivity contribution in [1.29, 1.82) is 0 Å². The number of Topliss-reactive ketones (excluding diaryl/α,β-unsaturated/α-hetero) is 1. The highest BCUT2D eigenvalue weighted by atomic mass is 32.2. The van der Waals surface area contributed by atoms with Gasteiger partial charge in [0.1, 0.15) is 11.4 Å². The van der Waals surface area contributed by atoms with Gasteiger partial charge in [0.2, 0.25) is 10.0 Å². The normalized spacial score (nSPS) is 13.1. The quantitative estimate of drug-likeness (QED) is 0.560. The molecule has 6 heteroatoms. The van der Waals surface area contributed by atoms with E-state index in [1.807, 2.05) is 0 Å². The van der Waals surface area contributed by atoms with E-state index in [1.165, 1.54) is 13.8 Å². The molecule has 0 amide bonds. The summed E-state index contributed by atoms with van der Waals surface area (Å²) in [5.74, 6) is -1.63. The molecule has 0 aliphatic heterocycles. The van der Waals surface area contributed by atoms with E-state index in [-0.39, 0.29) is 0 Å². The lowest BCUT2D eigenvalue weighted by Gasteiger charge is -2.13. The molecule has 0 atom stereocenters. The van der Waals surface area contributed by atoms with Crippen molar-refractivity contribution in [3.05, 3.63) is 0 Å². The zero-order valence-electron chi connectivity index (χ0n) is 6.36. The first kappa shape index (κ1) is 10.5. The van der Waals surface area contributed by atoms with Crippen LogP contribution in [0.5, 0.6) is 0 Å². The molecule has 0 aromatic rings. The summed E-state index contributed by atoms with van der Waals surface area (Å²) in [6.07, 6.45) is 0. The summed E-state index contributed by atoms with van der Waals surface area (Å²) >= 11 is 0.